The molecule has 1 aliphatic heterocycles. The van der Waals surface area contributed by atoms with E-state index in [0.717, 1.165) is 22.9 Å². The van der Waals surface area contributed by atoms with Crippen LogP contribution in [0.3, 0.4) is 0 Å². The average Bonchev–Trinajstić information content (AvgIpc) is 3.21. The highest BCUT2D eigenvalue weighted by Gasteiger charge is 2.52. The molecule has 1 saturated heterocycles. The summed E-state index contributed by atoms with van der Waals surface area (Å²) >= 11 is 12.3. The van der Waals surface area contributed by atoms with Gasteiger partial charge in [0.15, 0.2) is 5.78 Å². The van der Waals surface area contributed by atoms with Gasteiger partial charge >= 0.3 is 5.97 Å². The highest BCUT2D eigenvalue weighted by molar-refractivity contribution is 6.36. The second-order valence-electron chi connectivity index (χ2n) is 9.68. The molecule has 2 aliphatic rings. The Bertz CT molecular complexity index is 1470. The van der Waals surface area contributed by atoms with Crippen LogP contribution < -0.4 is 4.74 Å². The number of carbonyl (C=O) groups excluding carboxylic acids is 5. The van der Waals surface area contributed by atoms with Crippen molar-refractivity contribution in [2.45, 2.75) is 25.7 Å². The summed E-state index contributed by atoms with van der Waals surface area (Å²) in [5.41, 5.74) is 0.562. The molecule has 10 heteroatoms. The smallest absolute Gasteiger partial charge is 0.343 e. The second-order valence-corrected chi connectivity index (χ2v) is 10.5. The van der Waals surface area contributed by atoms with E-state index in [4.69, 9.17) is 27.9 Å². The SMILES string of the molecule is O=C(CN(C(=O)c1ccc(Cl)cc1Cl)N1C(=O)[C@H]2CCCC[C@@H]2C1=O)c1ccc(OC(=O)c2ccccc2)cc1. The molecule has 5 rings (SSSR count). The van der Waals surface area contributed by atoms with Crippen molar-refractivity contribution in [1.82, 2.24) is 10.0 Å². The molecule has 8 nitrogen and oxygen atoms in total. The second kappa shape index (κ2) is 11.6. The van der Waals surface area contributed by atoms with Crippen LogP contribution >= 0.6 is 23.2 Å². The van der Waals surface area contributed by atoms with Crippen LogP contribution in [-0.2, 0) is 9.59 Å². The molecule has 2 atom stereocenters. The molecule has 204 valence electrons. The zero-order chi connectivity index (χ0) is 28.4. The maximum absolute atomic E-state index is 13.7. The molecule has 0 aromatic heterocycles. The summed E-state index contributed by atoms with van der Waals surface area (Å²) in [6, 6.07) is 18.5. The number of fused-ring (bicyclic) bond motifs is 1. The highest BCUT2D eigenvalue weighted by Crippen LogP contribution is 2.39. The molecule has 0 N–H and O–H groups in total. The number of hydrazine groups is 1. The van der Waals surface area contributed by atoms with E-state index in [1.165, 1.54) is 42.5 Å². The van der Waals surface area contributed by atoms with Crippen LogP contribution in [-0.4, -0.2) is 46.0 Å². The van der Waals surface area contributed by atoms with E-state index in [2.05, 4.69) is 0 Å². The minimum absolute atomic E-state index is 0.00230. The normalized spacial score (nSPS) is 18.3. The Morgan fingerprint density at radius 2 is 1.45 bits per heavy atom. The number of hydrogen-bond donors (Lipinski definition) is 0. The predicted molar refractivity (Wildman–Crippen MR) is 147 cm³/mol. The van der Waals surface area contributed by atoms with Crippen LogP contribution in [0.15, 0.2) is 72.8 Å². The number of rotatable bonds is 7. The average molecular weight is 579 g/mol. The highest BCUT2D eigenvalue weighted by atomic mass is 35.5. The lowest BCUT2D eigenvalue weighted by molar-refractivity contribution is -0.154. The number of imide groups is 1. The fourth-order valence-corrected chi connectivity index (χ4v) is 5.58. The van der Waals surface area contributed by atoms with Gasteiger partial charge in [-0.15, -0.1) is 0 Å². The molecule has 0 spiro atoms. The largest absolute Gasteiger partial charge is 0.423 e. The van der Waals surface area contributed by atoms with Gasteiger partial charge < -0.3 is 4.74 Å². The molecule has 1 heterocycles. The number of hydrogen-bond acceptors (Lipinski definition) is 6. The number of halogens is 2. The predicted octanol–water partition coefficient (Wildman–Crippen LogP) is 5.63. The Hall–Kier alpha value is -4.01. The van der Waals surface area contributed by atoms with E-state index >= 15 is 0 Å². The van der Waals surface area contributed by atoms with Gasteiger partial charge in [0.05, 0.1) is 28.0 Å². The summed E-state index contributed by atoms with van der Waals surface area (Å²) in [5, 5.41) is 2.03. The van der Waals surface area contributed by atoms with Crippen LogP contribution in [0.25, 0.3) is 0 Å². The molecule has 1 saturated carbocycles. The third-order valence-electron chi connectivity index (χ3n) is 7.14. The summed E-state index contributed by atoms with van der Waals surface area (Å²) in [4.78, 5) is 66.1. The maximum Gasteiger partial charge on any atom is 0.343 e. The topological polar surface area (TPSA) is 101 Å². The first-order chi connectivity index (χ1) is 19.2. The van der Waals surface area contributed by atoms with E-state index in [1.54, 1.807) is 30.3 Å². The summed E-state index contributed by atoms with van der Waals surface area (Å²) in [6.07, 6.45) is 2.72. The third kappa shape index (κ3) is 5.50. The van der Waals surface area contributed by atoms with Gasteiger partial charge in [0.1, 0.15) is 12.3 Å². The van der Waals surface area contributed by atoms with Gasteiger partial charge in [-0.2, -0.15) is 5.01 Å². The molecule has 2 fully saturated rings. The minimum atomic E-state index is -0.774. The van der Waals surface area contributed by atoms with E-state index in [-0.39, 0.29) is 21.9 Å². The first-order valence-electron chi connectivity index (χ1n) is 12.8. The van der Waals surface area contributed by atoms with Crippen molar-refractivity contribution in [1.29, 1.82) is 0 Å². The Morgan fingerprint density at radius 3 is 2.05 bits per heavy atom. The third-order valence-corrected chi connectivity index (χ3v) is 7.69. The van der Waals surface area contributed by atoms with E-state index < -0.39 is 47.9 Å². The number of esters is 1. The number of nitrogens with zero attached hydrogens (tertiary/aromatic N) is 2. The minimum Gasteiger partial charge on any atom is -0.423 e. The van der Waals surface area contributed by atoms with Crippen molar-refractivity contribution in [3.05, 3.63) is 99.5 Å². The first kappa shape index (κ1) is 27.6. The molecule has 3 amide bonds. The zero-order valence-electron chi connectivity index (χ0n) is 21.2. The molecule has 40 heavy (non-hydrogen) atoms. The Balaban J connectivity index is 1.39. The van der Waals surface area contributed by atoms with E-state index in [1.807, 2.05) is 0 Å². The van der Waals surface area contributed by atoms with Gasteiger partial charge in [0, 0.05) is 10.6 Å². The standard InChI is InChI=1S/C30H24Cl2N2O6/c31-20-12-15-24(25(32)16-20)27(36)33(34-28(37)22-8-4-5-9-23(22)29(34)38)17-26(35)18-10-13-21(14-11-18)40-30(39)19-6-2-1-3-7-19/h1-3,6-7,10-16,22-23H,4-5,8-9,17H2/t22-,23-/m0/s1. The monoisotopic (exact) mass is 578 g/mol. The first-order valence-corrected chi connectivity index (χ1v) is 13.6. The molecule has 3 aromatic rings. The number of ether oxygens (including phenoxy) is 1. The molecule has 3 aromatic carbocycles. The van der Waals surface area contributed by atoms with Gasteiger partial charge in [0.25, 0.3) is 17.7 Å². The number of Topliss-reactive ketones (excluding diaryl/α,β-unsaturated/α-hetero) is 1. The quantitative estimate of drug-likeness (QED) is 0.156. The Labute approximate surface area is 240 Å². The van der Waals surface area contributed by atoms with Crippen LogP contribution in [0.5, 0.6) is 5.75 Å². The summed E-state index contributed by atoms with van der Waals surface area (Å²) in [5.74, 6) is -3.67. The lowest BCUT2D eigenvalue weighted by Crippen LogP contribution is -2.52. The summed E-state index contributed by atoms with van der Waals surface area (Å²) < 4.78 is 5.36. The van der Waals surface area contributed by atoms with Gasteiger partial charge in [-0.25, -0.2) is 9.80 Å². The van der Waals surface area contributed by atoms with Crippen LogP contribution in [0.2, 0.25) is 10.0 Å². The van der Waals surface area contributed by atoms with Crippen LogP contribution in [0.1, 0.15) is 56.8 Å². The Kier molecular flexibility index (Phi) is 8.00. The fourth-order valence-electron chi connectivity index (χ4n) is 5.09. The van der Waals surface area contributed by atoms with Crippen molar-refractivity contribution < 1.29 is 28.7 Å². The van der Waals surface area contributed by atoms with Gasteiger partial charge in [0.2, 0.25) is 0 Å². The molecular weight excluding hydrogens is 555 g/mol. The lowest BCUT2D eigenvalue weighted by atomic mass is 9.81. The van der Waals surface area contributed by atoms with E-state index in [0.29, 0.717) is 23.4 Å². The fraction of sp³-hybridized carbons (Fsp3) is 0.233. The van der Waals surface area contributed by atoms with Gasteiger partial charge in [-0.3, -0.25) is 19.2 Å². The van der Waals surface area contributed by atoms with Crippen molar-refractivity contribution >= 4 is 52.7 Å². The Morgan fingerprint density at radius 1 is 0.825 bits per heavy atom. The number of ketones is 1. The summed E-state index contributed by atoms with van der Waals surface area (Å²) in [6.45, 7) is -0.585. The lowest BCUT2D eigenvalue weighted by Gasteiger charge is -2.30. The van der Waals surface area contributed by atoms with E-state index in [9.17, 15) is 24.0 Å². The van der Waals surface area contributed by atoms with Crippen LogP contribution in [0, 0.1) is 11.8 Å². The van der Waals surface area contributed by atoms with Gasteiger partial charge in [-0.1, -0.05) is 54.2 Å². The molecule has 0 unspecified atom stereocenters. The van der Waals surface area contributed by atoms with Crippen LogP contribution in [0.4, 0.5) is 0 Å². The number of benzene rings is 3. The molecule has 0 radical (unpaired) electrons. The molecule has 0 bridgehead atoms. The zero-order valence-corrected chi connectivity index (χ0v) is 22.7. The number of amides is 3. The van der Waals surface area contributed by atoms with Crippen molar-refractivity contribution in [2.24, 2.45) is 11.8 Å². The molecular formula is C30H24Cl2N2O6. The molecule has 1 aliphatic carbocycles. The van der Waals surface area contributed by atoms with Crippen molar-refractivity contribution in [2.75, 3.05) is 6.54 Å². The summed E-state index contributed by atoms with van der Waals surface area (Å²) in [7, 11) is 0. The number of carbonyl (C=O) groups is 5. The van der Waals surface area contributed by atoms with Crippen molar-refractivity contribution in [3.63, 3.8) is 0 Å². The maximum atomic E-state index is 13.7. The van der Waals surface area contributed by atoms with Gasteiger partial charge in [-0.05, 0) is 67.4 Å². The van der Waals surface area contributed by atoms with Crippen molar-refractivity contribution in [3.8, 4) is 5.75 Å².